The molecule has 2 rings (SSSR count). The number of aliphatic hydroxyl groups excluding tert-OH is 1. The maximum Gasteiger partial charge on any atom is 0.387 e. The molecular weight excluding hydrogens is 339 g/mol. The van der Waals surface area contributed by atoms with Crippen molar-refractivity contribution < 1.29 is 32.5 Å². The van der Waals surface area contributed by atoms with Crippen LogP contribution in [-0.2, 0) is 0 Å². The van der Waals surface area contributed by atoms with E-state index in [1.807, 2.05) is 0 Å². The predicted molar refractivity (Wildman–Crippen MR) is 83.3 cm³/mol. The first-order valence-electron chi connectivity index (χ1n) is 7.25. The van der Waals surface area contributed by atoms with Gasteiger partial charge in [-0.2, -0.15) is 8.78 Å². The van der Waals surface area contributed by atoms with Crippen LogP contribution in [0.4, 0.5) is 13.2 Å². The van der Waals surface area contributed by atoms with Crippen molar-refractivity contribution in [3.8, 4) is 11.5 Å². The highest BCUT2D eigenvalue weighted by molar-refractivity contribution is 5.94. The smallest absolute Gasteiger partial charge is 0.387 e. The predicted octanol–water partition coefficient (Wildman–Crippen LogP) is 2.90. The Morgan fingerprint density at radius 1 is 1.16 bits per heavy atom. The average molecular weight is 355 g/mol. The molecule has 134 valence electrons. The Balaban J connectivity index is 2.01. The third kappa shape index (κ3) is 5.12. The van der Waals surface area contributed by atoms with Crippen molar-refractivity contribution in [2.45, 2.75) is 12.7 Å². The van der Waals surface area contributed by atoms with Crippen LogP contribution >= 0.6 is 0 Å². The lowest BCUT2D eigenvalue weighted by Gasteiger charge is -2.14. The fourth-order valence-corrected chi connectivity index (χ4v) is 2.10. The molecule has 0 fully saturated rings. The van der Waals surface area contributed by atoms with Gasteiger partial charge in [0.1, 0.15) is 5.82 Å². The number of carbonyl (C=O) groups is 1. The Morgan fingerprint density at radius 3 is 2.44 bits per heavy atom. The van der Waals surface area contributed by atoms with E-state index in [9.17, 15) is 23.1 Å². The largest absolute Gasteiger partial charge is 0.493 e. The minimum atomic E-state index is -3.01. The topological polar surface area (TPSA) is 67.8 Å². The molecular formula is C17H16F3NO4. The number of amides is 1. The van der Waals surface area contributed by atoms with E-state index < -0.39 is 24.4 Å². The molecule has 0 aliphatic carbocycles. The van der Waals surface area contributed by atoms with Crippen molar-refractivity contribution in [2.24, 2.45) is 0 Å². The first kappa shape index (κ1) is 18.6. The van der Waals surface area contributed by atoms with Gasteiger partial charge in [0.05, 0.1) is 13.2 Å². The number of nitrogens with one attached hydrogen (secondary N) is 1. The van der Waals surface area contributed by atoms with Crippen LogP contribution in [0.5, 0.6) is 11.5 Å². The van der Waals surface area contributed by atoms with Crippen LogP contribution in [0.2, 0.25) is 0 Å². The van der Waals surface area contributed by atoms with Crippen LogP contribution in [0.3, 0.4) is 0 Å². The molecule has 1 unspecified atom stereocenters. The molecule has 5 nitrogen and oxygen atoms in total. The lowest BCUT2D eigenvalue weighted by Crippen LogP contribution is -2.28. The second-order valence-electron chi connectivity index (χ2n) is 5.02. The summed E-state index contributed by atoms with van der Waals surface area (Å²) in [4.78, 5) is 12.1. The molecule has 25 heavy (non-hydrogen) atoms. The van der Waals surface area contributed by atoms with E-state index in [0.717, 1.165) is 0 Å². The van der Waals surface area contributed by atoms with Crippen molar-refractivity contribution in [3.05, 3.63) is 59.4 Å². The molecule has 0 saturated carbocycles. The van der Waals surface area contributed by atoms with Crippen molar-refractivity contribution in [1.82, 2.24) is 5.32 Å². The van der Waals surface area contributed by atoms with E-state index >= 15 is 0 Å². The number of benzene rings is 2. The normalized spacial score (nSPS) is 11.9. The highest BCUT2D eigenvalue weighted by Crippen LogP contribution is 2.29. The van der Waals surface area contributed by atoms with E-state index in [2.05, 4.69) is 10.1 Å². The number of methoxy groups -OCH3 is 1. The second kappa shape index (κ2) is 8.39. The lowest BCUT2D eigenvalue weighted by molar-refractivity contribution is -0.0512. The molecule has 0 saturated heterocycles. The number of rotatable bonds is 7. The van der Waals surface area contributed by atoms with Gasteiger partial charge in [-0.3, -0.25) is 4.79 Å². The molecule has 0 aliphatic rings. The van der Waals surface area contributed by atoms with Gasteiger partial charge in [0.15, 0.2) is 11.5 Å². The molecule has 0 bridgehead atoms. The fraction of sp³-hybridized carbons (Fsp3) is 0.235. The number of alkyl halides is 2. The third-order valence-electron chi connectivity index (χ3n) is 3.35. The van der Waals surface area contributed by atoms with Crippen LogP contribution in [-0.4, -0.2) is 31.3 Å². The summed E-state index contributed by atoms with van der Waals surface area (Å²) >= 11 is 0. The SMILES string of the molecule is COc1cc(C(=O)NCC(O)c2ccc(F)cc2)ccc1OC(F)F. The summed E-state index contributed by atoms with van der Waals surface area (Å²) in [5, 5.41) is 12.5. The van der Waals surface area contributed by atoms with Crippen molar-refractivity contribution in [3.63, 3.8) is 0 Å². The Hall–Kier alpha value is -2.74. The highest BCUT2D eigenvalue weighted by Gasteiger charge is 2.15. The quantitative estimate of drug-likeness (QED) is 0.801. The fourth-order valence-electron chi connectivity index (χ4n) is 2.10. The van der Waals surface area contributed by atoms with Gasteiger partial charge in [0, 0.05) is 12.1 Å². The first-order chi connectivity index (χ1) is 11.9. The minimum Gasteiger partial charge on any atom is -0.493 e. The van der Waals surface area contributed by atoms with Crippen LogP contribution in [0.15, 0.2) is 42.5 Å². The molecule has 1 atom stereocenters. The molecule has 2 aromatic carbocycles. The molecule has 0 heterocycles. The summed E-state index contributed by atoms with van der Waals surface area (Å²) in [5.74, 6) is -1.19. The number of aliphatic hydroxyl groups is 1. The van der Waals surface area contributed by atoms with Crippen molar-refractivity contribution in [2.75, 3.05) is 13.7 Å². The Kier molecular flexibility index (Phi) is 6.24. The van der Waals surface area contributed by atoms with E-state index in [1.54, 1.807) is 0 Å². The van der Waals surface area contributed by atoms with Gasteiger partial charge in [0.25, 0.3) is 5.91 Å². The maximum atomic E-state index is 12.8. The zero-order valence-electron chi connectivity index (χ0n) is 13.2. The summed E-state index contributed by atoms with van der Waals surface area (Å²) in [6.45, 7) is -3.12. The van der Waals surface area contributed by atoms with Gasteiger partial charge < -0.3 is 19.9 Å². The number of ether oxygens (including phenoxy) is 2. The third-order valence-corrected chi connectivity index (χ3v) is 3.35. The highest BCUT2D eigenvalue weighted by atomic mass is 19.3. The van der Waals surface area contributed by atoms with E-state index in [-0.39, 0.29) is 23.6 Å². The molecule has 0 aromatic heterocycles. The average Bonchev–Trinajstić information content (AvgIpc) is 2.59. The lowest BCUT2D eigenvalue weighted by atomic mass is 10.1. The molecule has 1 amide bonds. The Morgan fingerprint density at radius 2 is 1.84 bits per heavy atom. The maximum absolute atomic E-state index is 12.8. The summed E-state index contributed by atoms with van der Waals surface area (Å²) in [6, 6.07) is 8.95. The van der Waals surface area contributed by atoms with Gasteiger partial charge in [-0.25, -0.2) is 4.39 Å². The van der Waals surface area contributed by atoms with Gasteiger partial charge in [-0.15, -0.1) is 0 Å². The summed E-state index contributed by atoms with van der Waals surface area (Å²) in [6.07, 6.45) is -1.02. The minimum absolute atomic E-state index is 0.0213. The summed E-state index contributed by atoms with van der Waals surface area (Å²) in [5.41, 5.74) is 0.588. The summed E-state index contributed by atoms with van der Waals surface area (Å²) < 4.78 is 46.6. The van der Waals surface area contributed by atoms with Crippen LogP contribution < -0.4 is 14.8 Å². The van der Waals surface area contributed by atoms with Crippen LogP contribution in [0.1, 0.15) is 22.0 Å². The van der Waals surface area contributed by atoms with Gasteiger partial charge in [0.2, 0.25) is 0 Å². The number of hydrogen-bond donors (Lipinski definition) is 2. The molecule has 0 aliphatic heterocycles. The van der Waals surface area contributed by atoms with Crippen molar-refractivity contribution >= 4 is 5.91 Å². The monoisotopic (exact) mass is 355 g/mol. The van der Waals surface area contributed by atoms with Crippen molar-refractivity contribution in [1.29, 1.82) is 0 Å². The molecule has 2 N–H and O–H groups in total. The molecule has 0 spiro atoms. The van der Waals surface area contributed by atoms with Crippen LogP contribution in [0, 0.1) is 5.82 Å². The van der Waals surface area contributed by atoms with E-state index in [0.29, 0.717) is 5.56 Å². The van der Waals surface area contributed by atoms with Crippen LogP contribution in [0.25, 0.3) is 0 Å². The molecule has 0 radical (unpaired) electrons. The molecule has 2 aromatic rings. The zero-order valence-corrected chi connectivity index (χ0v) is 13.2. The second-order valence-corrected chi connectivity index (χ2v) is 5.02. The summed E-state index contributed by atoms with van der Waals surface area (Å²) in [7, 11) is 1.26. The zero-order chi connectivity index (χ0) is 18.4. The van der Waals surface area contributed by atoms with E-state index in [1.165, 1.54) is 49.6 Å². The van der Waals surface area contributed by atoms with Gasteiger partial charge in [-0.05, 0) is 35.9 Å². The van der Waals surface area contributed by atoms with E-state index in [4.69, 9.17) is 4.74 Å². The number of carbonyl (C=O) groups excluding carboxylic acids is 1. The number of hydrogen-bond acceptors (Lipinski definition) is 4. The molecule has 8 heteroatoms. The van der Waals surface area contributed by atoms with Gasteiger partial charge in [-0.1, -0.05) is 12.1 Å². The standard InChI is InChI=1S/C17H16F3NO4/c1-24-15-8-11(4-7-14(15)25-17(19)20)16(23)21-9-13(22)10-2-5-12(18)6-3-10/h2-8,13,17,22H,9H2,1H3,(H,21,23). The first-order valence-corrected chi connectivity index (χ1v) is 7.25. The number of halogens is 3. The Labute approximate surface area is 142 Å². The Bertz CT molecular complexity index is 722. The van der Waals surface area contributed by atoms with Gasteiger partial charge >= 0.3 is 6.61 Å².